The Kier molecular flexibility index (Phi) is 6.92. The number of anilines is 1. The van der Waals surface area contributed by atoms with Crippen LogP contribution in [0.3, 0.4) is 0 Å². The van der Waals surface area contributed by atoms with Crippen molar-refractivity contribution in [3.8, 4) is 5.75 Å². The van der Waals surface area contributed by atoms with E-state index in [-0.39, 0.29) is 17.8 Å². The maximum absolute atomic E-state index is 12.6. The molecular formula is C22H28N2O4S. The summed E-state index contributed by atoms with van der Waals surface area (Å²) >= 11 is 0. The quantitative estimate of drug-likeness (QED) is 0.739. The molecule has 7 heteroatoms. The van der Waals surface area contributed by atoms with E-state index in [0.717, 1.165) is 19.3 Å². The number of piperidine rings is 1. The average molecular weight is 417 g/mol. The molecule has 0 spiro atoms. The lowest BCUT2D eigenvalue weighted by atomic mass is 10.1. The van der Waals surface area contributed by atoms with Gasteiger partial charge in [-0.15, -0.1) is 0 Å². The molecule has 1 N–H and O–H groups in total. The van der Waals surface area contributed by atoms with Crippen molar-refractivity contribution >= 4 is 21.6 Å². The van der Waals surface area contributed by atoms with E-state index in [0.29, 0.717) is 35.7 Å². The molecule has 29 heavy (non-hydrogen) atoms. The van der Waals surface area contributed by atoms with Crippen LogP contribution in [0.5, 0.6) is 5.75 Å². The van der Waals surface area contributed by atoms with Gasteiger partial charge < -0.3 is 10.1 Å². The Balaban J connectivity index is 1.66. The van der Waals surface area contributed by atoms with Crippen LogP contribution in [0.1, 0.15) is 49.0 Å². The number of nitrogens with one attached hydrogen (secondary N) is 1. The van der Waals surface area contributed by atoms with E-state index in [1.54, 1.807) is 34.6 Å². The van der Waals surface area contributed by atoms with Crippen LogP contribution in [-0.4, -0.2) is 37.8 Å². The number of nitrogens with zero attached hydrogens (tertiary/aromatic N) is 1. The number of ether oxygens (including phenoxy) is 1. The summed E-state index contributed by atoms with van der Waals surface area (Å²) in [6, 6.07) is 14.0. The fourth-order valence-corrected chi connectivity index (χ4v) is 4.93. The monoisotopic (exact) mass is 416 g/mol. The molecular weight excluding hydrogens is 388 g/mol. The summed E-state index contributed by atoms with van der Waals surface area (Å²) in [6.45, 7) is 5.05. The summed E-state index contributed by atoms with van der Waals surface area (Å²) < 4.78 is 32.4. The van der Waals surface area contributed by atoms with E-state index in [2.05, 4.69) is 5.32 Å². The number of rotatable bonds is 7. The van der Waals surface area contributed by atoms with Crippen molar-refractivity contribution in [1.29, 1.82) is 0 Å². The zero-order valence-corrected chi connectivity index (χ0v) is 17.7. The third kappa shape index (κ3) is 5.81. The van der Waals surface area contributed by atoms with Gasteiger partial charge in [0.1, 0.15) is 5.75 Å². The fraction of sp³-hybridized carbons (Fsp3) is 0.409. The Morgan fingerprint density at radius 3 is 2.34 bits per heavy atom. The Morgan fingerprint density at radius 2 is 1.69 bits per heavy atom. The van der Waals surface area contributed by atoms with E-state index in [9.17, 15) is 13.2 Å². The average Bonchev–Trinajstić information content (AvgIpc) is 2.70. The Bertz CT molecular complexity index is 934. The summed E-state index contributed by atoms with van der Waals surface area (Å²) in [5.41, 5.74) is 1.74. The Hall–Kier alpha value is -2.38. The number of carbonyl (C=O) groups is 1. The summed E-state index contributed by atoms with van der Waals surface area (Å²) in [6.07, 6.45) is 2.91. The molecule has 2 aromatic rings. The van der Waals surface area contributed by atoms with Gasteiger partial charge >= 0.3 is 0 Å². The van der Waals surface area contributed by atoms with E-state index in [1.807, 2.05) is 32.0 Å². The molecule has 1 amide bonds. The number of para-hydroxylation sites is 2. The number of sulfonamides is 1. The zero-order valence-electron chi connectivity index (χ0n) is 16.9. The second-order valence-electron chi connectivity index (χ2n) is 7.53. The van der Waals surface area contributed by atoms with Crippen molar-refractivity contribution in [2.45, 2.75) is 45.0 Å². The molecule has 0 atom stereocenters. The maximum atomic E-state index is 12.6. The first kappa shape index (κ1) is 21.3. The molecule has 1 aliphatic rings. The van der Waals surface area contributed by atoms with E-state index < -0.39 is 10.0 Å². The van der Waals surface area contributed by atoms with Crippen molar-refractivity contribution in [2.75, 3.05) is 18.4 Å². The van der Waals surface area contributed by atoms with E-state index in [4.69, 9.17) is 4.74 Å². The highest BCUT2D eigenvalue weighted by atomic mass is 32.2. The number of hydrogen-bond donors (Lipinski definition) is 1. The second kappa shape index (κ2) is 9.41. The van der Waals surface area contributed by atoms with Crippen LogP contribution < -0.4 is 10.1 Å². The molecule has 1 fully saturated rings. The summed E-state index contributed by atoms with van der Waals surface area (Å²) in [5, 5.41) is 2.86. The number of benzene rings is 2. The van der Waals surface area contributed by atoms with Gasteiger partial charge in [-0.2, -0.15) is 0 Å². The lowest BCUT2D eigenvalue weighted by Crippen LogP contribution is -2.36. The van der Waals surface area contributed by atoms with Gasteiger partial charge in [-0.3, -0.25) is 4.79 Å². The van der Waals surface area contributed by atoms with Crippen LogP contribution >= 0.6 is 0 Å². The molecule has 3 rings (SSSR count). The van der Waals surface area contributed by atoms with E-state index >= 15 is 0 Å². The van der Waals surface area contributed by atoms with Crippen LogP contribution in [0, 0.1) is 0 Å². The number of hydrogen-bond acceptors (Lipinski definition) is 4. The highest BCUT2D eigenvalue weighted by molar-refractivity contribution is 7.88. The first-order chi connectivity index (χ1) is 13.8. The van der Waals surface area contributed by atoms with Gasteiger partial charge in [-0.05, 0) is 56.5 Å². The Labute approximate surface area is 172 Å². The molecule has 1 saturated heterocycles. The van der Waals surface area contributed by atoms with E-state index in [1.165, 1.54) is 0 Å². The number of carbonyl (C=O) groups excluding carboxylic acids is 1. The minimum Gasteiger partial charge on any atom is -0.489 e. The lowest BCUT2D eigenvalue weighted by Gasteiger charge is -2.25. The molecule has 6 nitrogen and oxygen atoms in total. The standard InChI is InChI=1S/C22H28N2O4S/c1-17(2)28-21-9-5-4-8-20(21)23-22(25)19-12-10-18(11-13-19)16-29(26,27)24-14-6-3-7-15-24/h4-5,8-13,17H,3,6-7,14-16H2,1-2H3,(H,23,25). The predicted octanol–water partition coefficient (Wildman–Crippen LogP) is 4.04. The fourth-order valence-electron chi connectivity index (χ4n) is 3.32. The molecule has 156 valence electrons. The topological polar surface area (TPSA) is 75.7 Å². The van der Waals surface area contributed by atoms with Crippen LogP contribution in [0.15, 0.2) is 48.5 Å². The van der Waals surface area contributed by atoms with Crippen LogP contribution in [-0.2, 0) is 15.8 Å². The molecule has 0 radical (unpaired) electrons. The van der Waals surface area contributed by atoms with Crippen molar-refractivity contribution in [3.63, 3.8) is 0 Å². The first-order valence-electron chi connectivity index (χ1n) is 9.99. The van der Waals surface area contributed by atoms with Crippen molar-refractivity contribution in [1.82, 2.24) is 4.31 Å². The SMILES string of the molecule is CC(C)Oc1ccccc1NC(=O)c1ccc(CS(=O)(=O)N2CCCCC2)cc1. The molecule has 1 heterocycles. The van der Waals surface area contributed by atoms with Gasteiger partial charge in [-0.1, -0.05) is 30.7 Å². The highest BCUT2D eigenvalue weighted by Crippen LogP contribution is 2.25. The zero-order chi connectivity index (χ0) is 20.9. The summed E-state index contributed by atoms with van der Waals surface area (Å²) in [5.74, 6) is 0.301. The third-order valence-corrected chi connectivity index (χ3v) is 6.62. The smallest absolute Gasteiger partial charge is 0.255 e. The van der Waals surface area contributed by atoms with Gasteiger partial charge in [-0.25, -0.2) is 12.7 Å². The highest BCUT2D eigenvalue weighted by Gasteiger charge is 2.24. The first-order valence-corrected chi connectivity index (χ1v) is 11.6. The second-order valence-corrected chi connectivity index (χ2v) is 9.50. The molecule has 0 saturated carbocycles. The molecule has 0 unspecified atom stereocenters. The van der Waals surface area contributed by atoms with Crippen molar-refractivity contribution < 1.29 is 17.9 Å². The van der Waals surface area contributed by atoms with Crippen molar-refractivity contribution in [2.24, 2.45) is 0 Å². The molecule has 0 aromatic heterocycles. The molecule has 2 aromatic carbocycles. The van der Waals surface area contributed by atoms with Gasteiger partial charge in [0.2, 0.25) is 10.0 Å². The minimum atomic E-state index is -3.32. The summed E-state index contributed by atoms with van der Waals surface area (Å²) in [4.78, 5) is 12.6. The molecule has 1 aliphatic heterocycles. The van der Waals surface area contributed by atoms with Crippen LogP contribution in [0.4, 0.5) is 5.69 Å². The van der Waals surface area contributed by atoms with Gasteiger partial charge in [0.25, 0.3) is 5.91 Å². The Morgan fingerprint density at radius 1 is 1.03 bits per heavy atom. The number of amides is 1. The minimum absolute atomic E-state index is 0.00538. The molecule has 0 bridgehead atoms. The largest absolute Gasteiger partial charge is 0.489 e. The third-order valence-electron chi connectivity index (χ3n) is 4.77. The normalized spacial score (nSPS) is 15.3. The van der Waals surface area contributed by atoms with Crippen LogP contribution in [0.25, 0.3) is 0 Å². The lowest BCUT2D eigenvalue weighted by molar-refractivity contribution is 0.102. The van der Waals surface area contributed by atoms with Gasteiger partial charge in [0.15, 0.2) is 0 Å². The van der Waals surface area contributed by atoms with Gasteiger partial charge in [0, 0.05) is 18.7 Å². The van der Waals surface area contributed by atoms with Gasteiger partial charge in [0.05, 0.1) is 17.5 Å². The summed E-state index contributed by atoms with van der Waals surface area (Å²) in [7, 11) is -3.32. The maximum Gasteiger partial charge on any atom is 0.255 e. The predicted molar refractivity (Wildman–Crippen MR) is 115 cm³/mol. The van der Waals surface area contributed by atoms with Crippen molar-refractivity contribution in [3.05, 3.63) is 59.7 Å². The van der Waals surface area contributed by atoms with Crippen LogP contribution in [0.2, 0.25) is 0 Å². The molecule has 0 aliphatic carbocycles.